The third-order valence-electron chi connectivity index (χ3n) is 12.1. The summed E-state index contributed by atoms with van der Waals surface area (Å²) >= 11 is 1.58. The summed E-state index contributed by atoms with van der Waals surface area (Å²) in [7, 11) is 0. The highest BCUT2D eigenvalue weighted by molar-refractivity contribution is 7.99. The first kappa shape index (κ1) is 52.3. The van der Waals surface area contributed by atoms with Crippen LogP contribution >= 0.6 is 11.8 Å². The molecule has 0 aromatic heterocycles. The molecule has 0 fully saturated rings. The molecule has 0 heterocycles. The number of alkyl carbamates (subject to hydrolysis) is 1. The zero-order chi connectivity index (χ0) is 43.6. The van der Waals surface area contributed by atoms with Gasteiger partial charge in [0.05, 0.1) is 0 Å². The first-order valence-electron chi connectivity index (χ1n) is 25.0. The van der Waals surface area contributed by atoms with Crippen LogP contribution < -0.4 is 5.32 Å². The molecular formula is C53H85NO6S. The fourth-order valence-corrected chi connectivity index (χ4v) is 9.45. The van der Waals surface area contributed by atoms with Crippen LogP contribution in [-0.4, -0.2) is 54.9 Å². The molecule has 7 nitrogen and oxygen atoms in total. The standard InChI is InChI=1S/C53H85NO6S/c1-4-6-8-10-12-14-16-18-20-22-24-26-28-38-51(55)58-40-45(60-52(56)39-29-27-25-23-21-19-17-15-13-11-9-7-5-2)43-61-42-44(3)54-53(57)59-41-50-48-36-32-30-34-46(48)47-35-31-33-37-49(47)50/h30-37,44-45,50H,4-29,38-43H2,1-3H3,(H,54,57). The van der Waals surface area contributed by atoms with E-state index in [0.717, 1.165) is 38.5 Å². The van der Waals surface area contributed by atoms with Crippen molar-refractivity contribution in [1.29, 1.82) is 0 Å². The van der Waals surface area contributed by atoms with E-state index >= 15 is 0 Å². The number of carbonyl (C=O) groups is 3. The summed E-state index contributed by atoms with van der Waals surface area (Å²) in [6, 6.07) is 16.5. The highest BCUT2D eigenvalue weighted by Crippen LogP contribution is 2.44. The number of ether oxygens (including phenoxy) is 3. The van der Waals surface area contributed by atoms with Crippen LogP contribution in [0, 0.1) is 0 Å². The number of unbranched alkanes of at least 4 members (excludes halogenated alkanes) is 24. The van der Waals surface area contributed by atoms with Gasteiger partial charge >= 0.3 is 18.0 Å². The van der Waals surface area contributed by atoms with Gasteiger partial charge in [-0.1, -0.05) is 216 Å². The second-order valence-electron chi connectivity index (χ2n) is 17.7. The lowest BCUT2D eigenvalue weighted by Gasteiger charge is -2.20. The Hall–Kier alpha value is -3.00. The number of carbonyl (C=O) groups excluding carboxylic acids is 3. The van der Waals surface area contributed by atoms with Crippen molar-refractivity contribution >= 4 is 29.8 Å². The number of hydrogen-bond acceptors (Lipinski definition) is 7. The summed E-state index contributed by atoms with van der Waals surface area (Å²) in [4.78, 5) is 38.5. The van der Waals surface area contributed by atoms with Gasteiger partial charge in [0.1, 0.15) is 19.3 Å². The summed E-state index contributed by atoms with van der Waals surface area (Å²) < 4.78 is 17.3. The second kappa shape index (κ2) is 34.5. The van der Waals surface area contributed by atoms with Crippen molar-refractivity contribution < 1.29 is 28.6 Å². The van der Waals surface area contributed by atoms with Gasteiger partial charge in [0.25, 0.3) is 0 Å². The highest BCUT2D eigenvalue weighted by Gasteiger charge is 2.29. The van der Waals surface area contributed by atoms with Gasteiger partial charge in [-0.25, -0.2) is 4.79 Å². The van der Waals surface area contributed by atoms with E-state index in [1.165, 1.54) is 151 Å². The Balaban J connectivity index is 1.33. The van der Waals surface area contributed by atoms with Crippen LogP contribution in [0.5, 0.6) is 0 Å². The Morgan fingerprint density at radius 3 is 1.41 bits per heavy atom. The van der Waals surface area contributed by atoms with Crippen LogP contribution in [-0.2, 0) is 23.8 Å². The number of rotatable bonds is 38. The SMILES string of the molecule is CCCCCCCCCCCCCCCC(=O)OCC(CSCC(C)NC(=O)OCC1c2ccccc2-c2ccccc21)OC(=O)CCCCCCCCCCCCCCC. The minimum atomic E-state index is -0.531. The molecule has 2 aromatic carbocycles. The van der Waals surface area contributed by atoms with Crippen molar-refractivity contribution in [3.63, 3.8) is 0 Å². The van der Waals surface area contributed by atoms with Crippen molar-refractivity contribution in [3.8, 4) is 11.1 Å². The predicted molar refractivity (Wildman–Crippen MR) is 256 cm³/mol. The van der Waals surface area contributed by atoms with Crippen LogP contribution in [0.3, 0.4) is 0 Å². The number of thioether (sulfide) groups is 1. The highest BCUT2D eigenvalue weighted by atomic mass is 32.2. The van der Waals surface area contributed by atoms with Crippen molar-refractivity contribution in [1.82, 2.24) is 5.32 Å². The van der Waals surface area contributed by atoms with Crippen molar-refractivity contribution in [2.24, 2.45) is 0 Å². The predicted octanol–water partition coefficient (Wildman–Crippen LogP) is 15.1. The van der Waals surface area contributed by atoms with E-state index in [1.807, 2.05) is 31.2 Å². The molecular weight excluding hydrogens is 779 g/mol. The van der Waals surface area contributed by atoms with Crippen LogP contribution in [0.25, 0.3) is 11.1 Å². The third kappa shape index (κ3) is 23.9. The molecule has 61 heavy (non-hydrogen) atoms. The van der Waals surface area contributed by atoms with Gasteiger partial charge in [0.15, 0.2) is 0 Å². The Morgan fingerprint density at radius 1 is 0.541 bits per heavy atom. The third-order valence-corrected chi connectivity index (χ3v) is 13.4. The lowest BCUT2D eigenvalue weighted by molar-refractivity contribution is -0.157. The van der Waals surface area contributed by atoms with Crippen LogP contribution in [0.4, 0.5) is 4.79 Å². The summed E-state index contributed by atoms with van der Waals surface area (Å²) in [6.07, 6.45) is 32.5. The van der Waals surface area contributed by atoms with Crippen LogP contribution in [0.2, 0.25) is 0 Å². The molecule has 1 amide bonds. The molecule has 1 aliphatic rings. The zero-order valence-corrected chi connectivity index (χ0v) is 39.7. The quantitative estimate of drug-likeness (QED) is 0.0408. The van der Waals surface area contributed by atoms with Gasteiger partial charge in [-0.2, -0.15) is 11.8 Å². The topological polar surface area (TPSA) is 90.9 Å². The Morgan fingerprint density at radius 2 is 0.951 bits per heavy atom. The normalized spacial score (nSPS) is 13.0. The Labute approximate surface area is 376 Å². The van der Waals surface area contributed by atoms with Crippen molar-refractivity contribution in [3.05, 3.63) is 59.7 Å². The molecule has 8 heteroatoms. The molecule has 0 spiro atoms. The van der Waals surface area contributed by atoms with Gasteiger partial charge in [-0.05, 0) is 42.0 Å². The first-order chi connectivity index (χ1) is 29.9. The maximum absolute atomic E-state index is 12.9. The molecule has 0 saturated carbocycles. The minimum Gasteiger partial charge on any atom is -0.462 e. The minimum absolute atomic E-state index is 0.00485. The molecule has 2 atom stereocenters. The lowest BCUT2D eigenvalue weighted by Crippen LogP contribution is -2.36. The molecule has 1 N–H and O–H groups in total. The molecule has 1 aliphatic carbocycles. The molecule has 0 saturated heterocycles. The summed E-state index contributed by atoms with van der Waals surface area (Å²) in [5, 5.41) is 2.97. The second-order valence-corrected chi connectivity index (χ2v) is 18.8. The molecule has 0 aliphatic heterocycles. The number of esters is 2. The lowest BCUT2D eigenvalue weighted by atomic mass is 9.98. The van der Waals surface area contributed by atoms with E-state index in [0.29, 0.717) is 24.3 Å². The molecule has 0 bridgehead atoms. The van der Waals surface area contributed by atoms with Crippen LogP contribution in [0.15, 0.2) is 48.5 Å². The van der Waals surface area contributed by atoms with Gasteiger partial charge in [-0.3, -0.25) is 9.59 Å². The first-order valence-corrected chi connectivity index (χ1v) is 26.1. The Bertz CT molecular complexity index is 1400. The van der Waals surface area contributed by atoms with E-state index in [-0.39, 0.29) is 37.1 Å². The summed E-state index contributed by atoms with van der Waals surface area (Å²) in [5.74, 6) is 0.629. The van der Waals surface area contributed by atoms with E-state index in [9.17, 15) is 14.4 Å². The number of fused-ring (bicyclic) bond motifs is 3. The zero-order valence-electron chi connectivity index (χ0n) is 38.8. The van der Waals surface area contributed by atoms with E-state index in [2.05, 4.69) is 43.4 Å². The van der Waals surface area contributed by atoms with Gasteiger partial charge in [0.2, 0.25) is 0 Å². The maximum atomic E-state index is 12.9. The van der Waals surface area contributed by atoms with Gasteiger partial charge in [-0.15, -0.1) is 0 Å². The Kier molecular flexibility index (Phi) is 29.6. The molecule has 2 aromatic rings. The maximum Gasteiger partial charge on any atom is 0.407 e. The van der Waals surface area contributed by atoms with E-state index in [4.69, 9.17) is 14.2 Å². The number of amides is 1. The molecule has 2 unspecified atom stereocenters. The van der Waals surface area contributed by atoms with Crippen molar-refractivity contribution in [2.75, 3.05) is 24.7 Å². The smallest absolute Gasteiger partial charge is 0.407 e. The fraction of sp³-hybridized carbons (Fsp3) is 0.717. The van der Waals surface area contributed by atoms with Gasteiger partial charge < -0.3 is 19.5 Å². The van der Waals surface area contributed by atoms with Gasteiger partial charge in [0, 0.05) is 36.3 Å². The van der Waals surface area contributed by atoms with Crippen LogP contribution in [0.1, 0.15) is 218 Å². The van der Waals surface area contributed by atoms with Crippen molar-refractivity contribution in [2.45, 2.75) is 219 Å². The summed E-state index contributed by atoms with van der Waals surface area (Å²) in [5.41, 5.74) is 4.75. The monoisotopic (exact) mass is 864 g/mol. The number of benzene rings is 2. The largest absolute Gasteiger partial charge is 0.462 e. The number of hydrogen-bond donors (Lipinski definition) is 1. The molecule has 0 radical (unpaired) electrons. The summed E-state index contributed by atoms with van der Waals surface area (Å²) in [6.45, 7) is 6.80. The number of nitrogens with one attached hydrogen (secondary N) is 1. The average Bonchev–Trinajstić information content (AvgIpc) is 3.58. The van der Waals surface area contributed by atoms with E-state index < -0.39 is 12.2 Å². The average molecular weight is 864 g/mol. The molecule has 344 valence electrons. The molecule has 3 rings (SSSR count). The fourth-order valence-electron chi connectivity index (χ4n) is 8.45. The van der Waals surface area contributed by atoms with E-state index in [1.54, 1.807) is 11.8 Å².